The van der Waals surface area contributed by atoms with Crippen molar-refractivity contribution >= 4 is 23.7 Å². The number of carbonyl (C=O) groups is 4. The van der Waals surface area contributed by atoms with Gasteiger partial charge < -0.3 is 10.1 Å². The molecule has 0 radical (unpaired) electrons. The summed E-state index contributed by atoms with van der Waals surface area (Å²) in [6.45, 7) is 1.44. The van der Waals surface area contributed by atoms with Crippen molar-refractivity contribution in [3.8, 4) is 0 Å². The Morgan fingerprint density at radius 3 is 2.32 bits per heavy atom. The van der Waals surface area contributed by atoms with E-state index in [1.54, 1.807) is 0 Å². The largest absolute Gasteiger partial charge is 0.456 e. The van der Waals surface area contributed by atoms with E-state index in [0.717, 1.165) is 10.5 Å². The van der Waals surface area contributed by atoms with Gasteiger partial charge in [0.1, 0.15) is 0 Å². The highest BCUT2D eigenvalue weighted by molar-refractivity contribution is 6.05. The Balaban J connectivity index is 1.40. The van der Waals surface area contributed by atoms with Crippen LogP contribution in [0.4, 0.5) is 0 Å². The van der Waals surface area contributed by atoms with Gasteiger partial charge in [0, 0.05) is 6.54 Å². The molecule has 1 N–H and O–H groups in total. The Morgan fingerprint density at radius 1 is 1.11 bits per heavy atom. The molecule has 1 aromatic rings. The number of hydrogen-bond donors (Lipinski definition) is 1. The second-order valence-electron chi connectivity index (χ2n) is 7.09. The lowest BCUT2D eigenvalue weighted by Crippen LogP contribution is -2.34. The lowest BCUT2D eigenvalue weighted by molar-refractivity contribution is -0.150. The quantitative estimate of drug-likeness (QED) is 0.439. The lowest BCUT2D eigenvalue weighted by atomic mass is 9.85. The van der Waals surface area contributed by atoms with Crippen LogP contribution in [-0.2, 0) is 23.9 Å². The van der Waals surface area contributed by atoms with Crippen LogP contribution >= 0.6 is 0 Å². The molecule has 28 heavy (non-hydrogen) atoms. The van der Waals surface area contributed by atoms with Crippen LogP contribution in [0, 0.1) is 11.8 Å². The fourth-order valence-electron chi connectivity index (χ4n) is 3.62. The molecular weight excluding hydrogens is 360 g/mol. The molecule has 7 heteroatoms. The molecule has 1 aliphatic carbocycles. The molecule has 1 heterocycles. The van der Waals surface area contributed by atoms with Crippen LogP contribution in [0.15, 0.2) is 42.5 Å². The zero-order chi connectivity index (χ0) is 20.1. The van der Waals surface area contributed by atoms with Gasteiger partial charge in [-0.05, 0) is 25.3 Å². The molecule has 2 aliphatic rings. The van der Waals surface area contributed by atoms with Crippen molar-refractivity contribution in [1.29, 1.82) is 0 Å². The summed E-state index contributed by atoms with van der Waals surface area (Å²) in [5, 5.41) is 2.75. The number of allylic oxidation sites excluding steroid dienone is 2. The van der Waals surface area contributed by atoms with Crippen molar-refractivity contribution in [3.63, 3.8) is 0 Å². The number of carbonyl (C=O) groups excluding carboxylic acids is 4. The number of nitrogens with zero attached hydrogens (tertiary/aromatic N) is 1. The Kier molecular flexibility index (Phi) is 6.23. The van der Waals surface area contributed by atoms with Crippen LogP contribution < -0.4 is 5.32 Å². The van der Waals surface area contributed by atoms with E-state index >= 15 is 0 Å². The van der Waals surface area contributed by atoms with Crippen LogP contribution in [0.5, 0.6) is 0 Å². The van der Waals surface area contributed by atoms with E-state index in [4.69, 9.17) is 4.74 Å². The maximum absolute atomic E-state index is 12.3. The minimum absolute atomic E-state index is 0.00840. The molecule has 3 amide bonds. The number of benzene rings is 1. The summed E-state index contributed by atoms with van der Waals surface area (Å²) in [5.41, 5.74) is 0.948. The average Bonchev–Trinajstić information content (AvgIpc) is 2.96. The summed E-state index contributed by atoms with van der Waals surface area (Å²) in [6, 6.07) is 9.24. The van der Waals surface area contributed by atoms with E-state index in [-0.39, 0.29) is 42.7 Å². The van der Waals surface area contributed by atoms with Gasteiger partial charge in [0.05, 0.1) is 24.3 Å². The van der Waals surface area contributed by atoms with Crippen molar-refractivity contribution in [2.75, 3.05) is 13.2 Å². The predicted octanol–water partition coefficient (Wildman–Crippen LogP) is 1.75. The van der Waals surface area contributed by atoms with Crippen molar-refractivity contribution in [1.82, 2.24) is 10.2 Å². The Labute approximate surface area is 163 Å². The van der Waals surface area contributed by atoms with Crippen molar-refractivity contribution in [2.24, 2.45) is 11.8 Å². The average molecular weight is 384 g/mol. The molecular formula is C21H24N2O5. The lowest BCUT2D eigenvalue weighted by Gasteiger charge is -2.15. The molecule has 1 saturated heterocycles. The van der Waals surface area contributed by atoms with Gasteiger partial charge in [-0.25, -0.2) is 0 Å². The second kappa shape index (κ2) is 8.82. The fraction of sp³-hybridized carbons (Fsp3) is 0.429. The molecule has 0 saturated carbocycles. The van der Waals surface area contributed by atoms with Gasteiger partial charge in [0.25, 0.3) is 5.91 Å². The maximum Gasteiger partial charge on any atom is 0.308 e. The molecule has 0 aromatic heterocycles. The zero-order valence-corrected chi connectivity index (χ0v) is 15.8. The summed E-state index contributed by atoms with van der Waals surface area (Å²) in [7, 11) is 0. The van der Waals surface area contributed by atoms with E-state index in [0.29, 0.717) is 12.8 Å². The van der Waals surface area contributed by atoms with Crippen molar-refractivity contribution < 1.29 is 23.9 Å². The van der Waals surface area contributed by atoms with Crippen LogP contribution in [0.1, 0.15) is 37.8 Å². The molecule has 0 unspecified atom stereocenters. The second-order valence-corrected chi connectivity index (χ2v) is 7.09. The first-order valence-corrected chi connectivity index (χ1v) is 9.47. The molecule has 1 fully saturated rings. The molecule has 3 rings (SSSR count). The molecule has 0 bridgehead atoms. The highest BCUT2D eigenvalue weighted by Crippen LogP contribution is 2.34. The van der Waals surface area contributed by atoms with Crippen LogP contribution in [-0.4, -0.2) is 41.7 Å². The topological polar surface area (TPSA) is 92.8 Å². The molecule has 3 atom stereocenters. The van der Waals surface area contributed by atoms with E-state index in [2.05, 4.69) is 5.32 Å². The van der Waals surface area contributed by atoms with Gasteiger partial charge in [-0.3, -0.25) is 24.1 Å². The Hall–Kier alpha value is -2.96. The highest BCUT2D eigenvalue weighted by Gasteiger charge is 2.46. The number of amides is 3. The third-order valence-electron chi connectivity index (χ3n) is 5.18. The number of likely N-dealkylation sites (tertiary alicyclic amines) is 1. The monoisotopic (exact) mass is 384 g/mol. The first-order valence-electron chi connectivity index (χ1n) is 9.47. The summed E-state index contributed by atoms with van der Waals surface area (Å²) in [6.07, 6.45) is 4.84. The van der Waals surface area contributed by atoms with Crippen LogP contribution in [0.3, 0.4) is 0 Å². The van der Waals surface area contributed by atoms with E-state index < -0.39 is 18.5 Å². The predicted molar refractivity (Wildman–Crippen MR) is 101 cm³/mol. The molecule has 1 aliphatic heterocycles. The highest BCUT2D eigenvalue weighted by atomic mass is 16.5. The number of imide groups is 1. The standard InChI is InChI=1S/C21H24N2O5/c1-14(15-7-3-2-4-8-15)22-18(24)13-28-19(25)11-12-23-20(26)16-9-5-6-10-17(16)21(23)27/h2-8,14,16-17H,9-13H2,1H3,(H,22,24)/t14-,16-,17+/m0/s1. The maximum atomic E-state index is 12.3. The van der Waals surface area contributed by atoms with Gasteiger partial charge in [-0.15, -0.1) is 0 Å². The third-order valence-corrected chi connectivity index (χ3v) is 5.18. The number of hydrogen-bond acceptors (Lipinski definition) is 5. The van der Waals surface area contributed by atoms with Crippen molar-refractivity contribution in [2.45, 2.75) is 32.2 Å². The van der Waals surface area contributed by atoms with Crippen LogP contribution in [0.2, 0.25) is 0 Å². The summed E-state index contributed by atoms with van der Waals surface area (Å²) >= 11 is 0. The van der Waals surface area contributed by atoms with Crippen molar-refractivity contribution in [3.05, 3.63) is 48.0 Å². The van der Waals surface area contributed by atoms with Gasteiger partial charge in [0.15, 0.2) is 6.61 Å². The van der Waals surface area contributed by atoms with Crippen LogP contribution in [0.25, 0.3) is 0 Å². The minimum atomic E-state index is -0.615. The Bertz CT molecular complexity index is 763. The number of esters is 1. The summed E-state index contributed by atoms with van der Waals surface area (Å²) < 4.78 is 4.98. The fourth-order valence-corrected chi connectivity index (χ4v) is 3.62. The molecule has 0 spiro atoms. The van der Waals surface area contributed by atoms with E-state index in [9.17, 15) is 19.2 Å². The van der Waals surface area contributed by atoms with E-state index in [1.165, 1.54) is 0 Å². The number of ether oxygens (including phenoxy) is 1. The normalized spacial score (nSPS) is 22.0. The van der Waals surface area contributed by atoms with E-state index in [1.807, 2.05) is 49.4 Å². The van der Waals surface area contributed by atoms with Gasteiger partial charge in [-0.2, -0.15) is 0 Å². The summed E-state index contributed by atoms with van der Waals surface area (Å²) in [4.78, 5) is 49.7. The number of fused-ring (bicyclic) bond motifs is 1. The molecule has 148 valence electrons. The molecule has 1 aromatic carbocycles. The van der Waals surface area contributed by atoms with Gasteiger partial charge in [0.2, 0.25) is 11.8 Å². The first-order chi connectivity index (χ1) is 13.5. The zero-order valence-electron chi connectivity index (χ0n) is 15.8. The summed E-state index contributed by atoms with van der Waals surface area (Å²) in [5.74, 6) is -2.08. The smallest absolute Gasteiger partial charge is 0.308 e. The SMILES string of the molecule is C[C@H](NC(=O)COC(=O)CCN1C(=O)[C@H]2CC=CC[C@H]2C1=O)c1ccccc1. The first kappa shape index (κ1) is 19.8. The minimum Gasteiger partial charge on any atom is -0.456 e. The Morgan fingerprint density at radius 2 is 1.71 bits per heavy atom. The third kappa shape index (κ3) is 4.47. The van der Waals surface area contributed by atoms with Gasteiger partial charge >= 0.3 is 5.97 Å². The molecule has 7 nitrogen and oxygen atoms in total. The number of rotatable bonds is 7. The van der Waals surface area contributed by atoms with Gasteiger partial charge in [-0.1, -0.05) is 42.5 Å². The number of nitrogens with one attached hydrogen (secondary N) is 1.